The second-order valence-corrected chi connectivity index (χ2v) is 8.64. The second-order valence-electron chi connectivity index (χ2n) is 7.29. The van der Waals surface area contributed by atoms with E-state index in [-0.39, 0.29) is 23.6 Å². The van der Waals surface area contributed by atoms with E-state index in [1.165, 1.54) is 23.9 Å². The molecule has 0 spiro atoms. The maximum atomic E-state index is 12.8. The first kappa shape index (κ1) is 22.8. The van der Waals surface area contributed by atoms with Gasteiger partial charge in [-0.25, -0.2) is 0 Å². The molecule has 1 atom stereocenters. The molecule has 31 heavy (non-hydrogen) atoms. The molecule has 0 fully saturated rings. The molecule has 0 bridgehead atoms. The minimum absolute atomic E-state index is 0.0590. The number of nitrogens with one attached hydrogen (secondary N) is 1. The summed E-state index contributed by atoms with van der Waals surface area (Å²) < 4.78 is 1.85. The third-order valence-electron chi connectivity index (χ3n) is 4.73. The fourth-order valence-electron chi connectivity index (χ4n) is 2.98. The zero-order chi connectivity index (χ0) is 22.5. The molecule has 0 radical (unpaired) electrons. The van der Waals surface area contributed by atoms with Gasteiger partial charge in [0.1, 0.15) is 0 Å². The quantitative estimate of drug-likeness (QED) is 0.295. The predicted molar refractivity (Wildman–Crippen MR) is 120 cm³/mol. The van der Waals surface area contributed by atoms with E-state index in [2.05, 4.69) is 15.5 Å². The highest BCUT2D eigenvalue weighted by atomic mass is 35.5. The molecule has 2 aromatic carbocycles. The van der Waals surface area contributed by atoms with Crippen LogP contribution in [0.4, 0.5) is 5.69 Å². The number of nitro benzene ring substituents is 1. The molecule has 3 aromatic rings. The van der Waals surface area contributed by atoms with Crippen LogP contribution in [0, 0.1) is 16.0 Å². The van der Waals surface area contributed by atoms with E-state index in [0.29, 0.717) is 27.3 Å². The van der Waals surface area contributed by atoms with Crippen LogP contribution in [-0.4, -0.2) is 25.6 Å². The van der Waals surface area contributed by atoms with Crippen LogP contribution in [-0.2, 0) is 12.8 Å². The minimum atomic E-state index is -0.422. The largest absolute Gasteiger partial charge is 0.342 e. The Kier molecular flexibility index (Phi) is 7.29. The Balaban J connectivity index is 1.73. The van der Waals surface area contributed by atoms with Crippen molar-refractivity contribution in [1.29, 1.82) is 0 Å². The highest BCUT2D eigenvalue weighted by molar-refractivity contribution is 7.98. The van der Waals surface area contributed by atoms with E-state index in [1.54, 1.807) is 36.4 Å². The Morgan fingerprint density at radius 3 is 2.48 bits per heavy atom. The Hall–Kier alpha value is -2.91. The lowest BCUT2D eigenvalue weighted by molar-refractivity contribution is -0.384. The third-order valence-corrected chi connectivity index (χ3v) is 6.15. The number of halogens is 1. The number of aromatic nitrogens is 3. The van der Waals surface area contributed by atoms with Gasteiger partial charge in [-0.15, -0.1) is 10.2 Å². The number of nitrogens with zero attached hydrogens (tertiary/aromatic N) is 4. The minimum Gasteiger partial charge on any atom is -0.342 e. The van der Waals surface area contributed by atoms with Crippen molar-refractivity contribution in [2.75, 3.05) is 0 Å². The van der Waals surface area contributed by atoms with Gasteiger partial charge in [0.15, 0.2) is 11.0 Å². The van der Waals surface area contributed by atoms with Gasteiger partial charge in [-0.05, 0) is 23.6 Å². The molecule has 0 aliphatic heterocycles. The lowest BCUT2D eigenvalue weighted by Crippen LogP contribution is -2.33. The topological polar surface area (TPSA) is 103 Å². The first-order valence-corrected chi connectivity index (χ1v) is 10.9. The monoisotopic (exact) mass is 459 g/mol. The summed E-state index contributed by atoms with van der Waals surface area (Å²) >= 11 is 7.62. The molecule has 1 N–H and O–H groups in total. The summed E-state index contributed by atoms with van der Waals surface area (Å²) in [6, 6.07) is 13.0. The highest BCUT2D eigenvalue weighted by Gasteiger charge is 2.25. The van der Waals surface area contributed by atoms with E-state index < -0.39 is 4.92 Å². The second kappa shape index (κ2) is 9.93. The third kappa shape index (κ3) is 5.42. The average molecular weight is 460 g/mol. The summed E-state index contributed by atoms with van der Waals surface area (Å²) in [4.78, 5) is 23.1. The zero-order valence-electron chi connectivity index (χ0n) is 17.3. The van der Waals surface area contributed by atoms with Gasteiger partial charge in [0, 0.05) is 24.9 Å². The lowest BCUT2D eigenvalue weighted by Gasteiger charge is -2.22. The number of thioether (sulfide) groups is 1. The maximum Gasteiger partial charge on any atom is 0.269 e. The molecule has 10 heteroatoms. The van der Waals surface area contributed by atoms with Crippen molar-refractivity contribution in [1.82, 2.24) is 20.1 Å². The number of hydrogen-bond acceptors (Lipinski definition) is 6. The van der Waals surface area contributed by atoms with Crippen molar-refractivity contribution in [2.45, 2.75) is 30.8 Å². The summed E-state index contributed by atoms with van der Waals surface area (Å²) in [5.41, 5.74) is 1.40. The smallest absolute Gasteiger partial charge is 0.269 e. The van der Waals surface area contributed by atoms with Crippen LogP contribution in [0.25, 0.3) is 0 Å². The van der Waals surface area contributed by atoms with E-state index in [4.69, 9.17) is 11.6 Å². The van der Waals surface area contributed by atoms with Crippen LogP contribution in [0.5, 0.6) is 0 Å². The Morgan fingerprint density at radius 1 is 1.19 bits per heavy atom. The van der Waals surface area contributed by atoms with Crippen LogP contribution < -0.4 is 5.32 Å². The molecule has 0 saturated carbocycles. The number of amides is 1. The Morgan fingerprint density at radius 2 is 1.87 bits per heavy atom. The van der Waals surface area contributed by atoms with Crippen LogP contribution in [0.3, 0.4) is 0 Å². The van der Waals surface area contributed by atoms with E-state index >= 15 is 0 Å². The number of carbonyl (C=O) groups is 1. The van der Waals surface area contributed by atoms with Crippen LogP contribution in [0.15, 0.2) is 53.7 Å². The van der Waals surface area contributed by atoms with Crippen molar-refractivity contribution < 1.29 is 9.72 Å². The molecule has 1 amide bonds. The van der Waals surface area contributed by atoms with Gasteiger partial charge in [0.25, 0.3) is 11.6 Å². The van der Waals surface area contributed by atoms with Crippen molar-refractivity contribution in [3.8, 4) is 0 Å². The van der Waals surface area contributed by atoms with Crippen molar-refractivity contribution in [3.05, 3.63) is 80.6 Å². The van der Waals surface area contributed by atoms with Crippen molar-refractivity contribution >= 4 is 35.0 Å². The molecule has 8 nitrogen and oxygen atoms in total. The molecule has 0 aliphatic carbocycles. The molecule has 0 unspecified atom stereocenters. The highest BCUT2D eigenvalue weighted by Crippen LogP contribution is 2.27. The number of non-ortho nitro benzene ring substituents is 1. The number of hydrogen-bond donors (Lipinski definition) is 1. The molecule has 0 saturated heterocycles. The SMILES string of the molecule is CC(C)[C@@H](NC(=O)c1ccccc1Cl)c1nnc(SCc2ccc([N+](=O)[O-])cc2)n1C. The predicted octanol–water partition coefficient (Wildman–Crippen LogP) is 4.80. The fourth-order valence-corrected chi connectivity index (χ4v) is 4.07. The zero-order valence-corrected chi connectivity index (χ0v) is 18.9. The maximum absolute atomic E-state index is 12.8. The summed E-state index contributed by atoms with van der Waals surface area (Å²) in [5.74, 6) is 1.03. The van der Waals surface area contributed by atoms with E-state index in [0.717, 1.165) is 5.56 Å². The Bertz CT molecular complexity index is 1080. The van der Waals surface area contributed by atoms with Gasteiger partial charge >= 0.3 is 0 Å². The molecule has 1 heterocycles. The standard InChI is InChI=1S/C21H22ClN5O3S/c1-13(2)18(23-20(28)16-6-4-5-7-17(16)22)19-24-25-21(26(19)3)31-12-14-8-10-15(11-9-14)27(29)30/h4-11,13,18H,12H2,1-3H3,(H,23,28)/t18-/m1/s1. The number of benzene rings is 2. The molecule has 3 rings (SSSR count). The van der Waals surface area contributed by atoms with Gasteiger partial charge in [-0.1, -0.05) is 61.5 Å². The molecule has 0 aliphatic rings. The van der Waals surface area contributed by atoms with Crippen LogP contribution >= 0.6 is 23.4 Å². The van der Waals surface area contributed by atoms with Crippen LogP contribution in [0.2, 0.25) is 5.02 Å². The number of rotatable bonds is 8. The first-order chi connectivity index (χ1) is 14.8. The molecule has 162 valence electrons. The van der Waals surface area contributed by atoms with Crippen molar-refractivity contribution in [2.24, 2.45) is 13.0 Å². The lowest BCUT2D eigenvalue weighted by atomic mass is 10.0. The fraction of sp³-hybridized carbons (Fsp3) is 0.286. The number of carbonyl (C=O) groups excluding carboxylic acids is 1. The molecule has 1 aromatic heterocycles. The van der Waals surface area contributed by atoms with Gasteiger partial charge in [0.05, 0.1) is 21.6 Å². The summed E-state index contributed by atoms with van der Waals surface area (Å²) in [6.45, 7) is 3.99. The van der Waals surface area contributed by atoms with Gasteiger partial charge in [-0.2, -0.15) is 0 Å². The molecular weight excluding hydrogens is 438 g/mol. The Labute approximate surface area is 189 Å². The summed E-state index contributed by atoms with van der Waals surface area (Å²) in [5, 5.41) is 23.5. The van der Waals surface area contributed by atoms with E-state index in [9.17, 15) is 14.9 Å². The van der Waals surface area contributed by atoms with Gasteiger partial charge in [0.2, 0.25) is 0 Å². The van der Waals surface area contributed by atoms with Gasteiger partial charge < -0.3 is 9.88 Å². The van der Waals surface area contributed by atoms with Crippen molar-refractivity contribution in [3.63, 3.8) is 0 Å². The molecular formula is C21H22ClN5O3S. The number of nitro groups is 1. The van der Waals surface area contributed by atoms with E-state index in [1.807, 2.05) is 25.5 Å². The normalized spacial score (nSPS) is 12.0. The summed E-state index contributed by atoms with van der Waals surface area (Å²) in [6.07, 6.45) is 0. The average Bonchev–Trinajstić information content (AvgIpc) is 3.10. The first-order valence-electron chi connectivity index (χ1n) is 9.58. The van der Waals surface area contributed by atoms with Gasteiger partial charge in [-0.3, -0.25) is 14.9 Å². The van der Waals surface area contributed by atoms with Crippen LogP contribution in [0.1, 0.15) is 41.6 Å². The summed E-state index contributed by atoms with van der Waals surface area (Å²) in [7, 11) is 1.85.